The largest absolute Gasteiger partial charge is 0.380 e. The summed E-state index contributed by atoms with van der Waals surface area (Å²) in [6.45, 7) is 14.1. The minimum atomic E-state index is -0.122. The minimum absolute atomic E-state index is 0.0517. The average Bonchev–Trinajstić information content (AvgIpc) is 2.29. The van der Waals surface area contributed by atoms with Crippen LogP contribution < -0.4 is 11.1 Å². The first-order valence-electron chi connectivity index (χ1n) is 7.29. The van der Waals surface area contributed by atoms with Crippen LogP contribution >= 0.6 is 0 Å². The highest BCUT2D eigenvalue weighted by Gasteiger charge is 2.26. The first kappa shape index (κ1) is 18.4. The zero-order valence-corrected chi connectivity index (χ0v) is 13.5. The van der Waals surface area contributed by atoms with Crippen LogP contribution in [0, 0.1) is 17.3 Å². The van der Waals surface area contributed by atoms with Crippen LogP contribution in [0.1, 0.15) is 48.0 Å². The van der Waals surface area contributed by atoms with Crippen molar-refractivity contribution in [3.8, 4) is 0 Å². The molecule has 2 unspecified atom stereocenters. The molecule has 0 aromatic carbocycles. The van der Waals surface area contributed by atoms with Gasteiger partial charge in [0.25, 0.3) is 0 Å². The maximum atomic E-state index is 12.3. The lowest BCUT2D eigenvalue weighted by Crippen LogP contribution is -2.46. The standard InChI is InChI=1S/C15H32N2O2/c1-7-19-10-13(11(2)3)17-14(18)12(9-16)8-15(4,5)6/h11-13H,7-10,16H2,1-6H3,(H,17,18). The summed E-state index contributed by atoms with van der Waals surface area (Å²) < 4.78 is 5.43. The van der Waals surface area contributed by atoms with Crippen LogP contribution in [0.25, 0.3) is 0 Å². The number of hydrogen-bond acceptors (Lipinski definition) is 3. The van der Waals surface area contributed by atoms with Crippen LogP contribution in [0.15, 0.2) is 0 Å². The number of nitrogens with one attached hydrogen (secondary N) is 1. The van der Waals surface area contributed by atoms with Gasteiger partial charge in [-0.2, -0.15) is 0 Å². The van der Waals surface area contributed by atoms with Gasteiger partial charge in [0, 0.05) is 13.2 Å². The van der Waals surface area contributed by atoms with Gasteiger partial charge in [-0.3, -0.25) is 4.79 Å². The van der Waals surface area contributed by atoms with E-state index < -0.39 is 0 Å². The summed E-state index contributed by atoms with van der Waals surface area (Å²) in [6, 6.07) is 0.0569. The molecule has 4 nitrogen and oxygen atoms in total. The Morgan fingerprint density at radius 1 is 1.32 bits per heavy atom. The van der Waals surface area contributed by atoms with Crippen LogP contribution in [0.4, 0.5) is 0 Å². The second-order valence-corrected chi connectivity index (χ2v) is 6.72. The van der Waals surface area contributed by atoms with Crippen molar-refractivity contribution in [3.05, 3.63) is 0 Å². The first-order valence-corrected chi connectivity index (χ1v) is 7.29. The quantitative estimate of drug-likeness (QED) is 0.712. The number of carbonyl (C=O) groups is 1. The van der Waals surface area contributed by atoms with Crippen molar-refractivity contribution < 1.29 is 9.53 Å². The molecule has 0 bridgehead atoms. The molecule has 0 aliphatic carbocycles. The van der Waals surface area contributed by atoms with Crippen LogP contribution in [0.5, 0.6) is 0 Å². The van der Waals surface area contributed by atoms with Gasteiger partial charge in [0.05, 0.1) is 18.6 Å². The Hall–Kier alpha value is -0.610. The smallest absolute Gasteiger partial charge is 0.224 e. The molecule has 0 rings (SSSR count). The summed E-state index contributed by atoms with van der Waals surface area (Å²) in [6.07, 6.45) is 0.800. The Balaban J connectivity index is 4.50. The number of rotatable bonds is 8. The van der Waals surface area contributed by atoms with Crippen molar-refractivity contribution in [1.29, 1.82) is 0 Å². The normalized spacial score (nSPS) is 15.4. The molecule has 0 saturated heterocycles. The predicted molar refractivity (Wildman–Crippen MR) is 79.9 cm³/mol. The summed E-state index contributed by atoms with van der Waals surface area (Å²) in [5.74, 6) is 0.280. The fraction of sp³-hybridized carbons (Fsp3) is 0.933. The van der Waals surface area contributed by atoms with Gasteiger partial charge in [-0.05, 0) is 24.7 Å². The summed E-state index contributed by atoms with van der Waals surface area (Å²) in [5, 5.41) is 3.08. The number of carbonyl (C=O) groups excluding carboxylic acids is 1. The van der Waals surface area contributed by atoms with Gasteiger partial charge >= 0.3 is 0 Å². The molecular formula is C15H32N2O2. The first-order chi connectivity index (χ1) is 8.71. The fourth-order valence-corrected chi connectivity index (χ4v) is 1.97. The predicted octanol–water partition coefficient (Wildman–Crippen LogP) is 2.17. The molecule has 4 heteroatoms. The molecule has 0 aromatic heterocycles. The van der Waals surface area contributed by atoms with E-state index in [4.69, 9.17) is 10.5 Å². The Labute approximate surface area is 118 Å². The van der Waals surface area contributed by atoms with Gasteiger partial charge in [-0.1, -0.05) is 34.6 Å². The number of amides is 1. The lowest BCUT2D eigenvalue weighted by Gasteiger charge is -2.28. The molecule has 3 N–H and O–H groups in total. The highest BCUT2D eigenvalue weighted by molar-refractivity contribution is 5.79. The van der Waals surface area contributed by atoms with E-state index >= 15 is 0 Å². The molecule has 2 atom stereocenters. The summed E-state index contributed by atoms with van der Waals surface area (Å²) in [7, 11) is 0. The zero-order valence-electron chi connectivity index (χ0n) is 13.5. The van der Waals surface area contributed by atoms with Crippen LogP contribution in [-0.4, -0.2) is 31.7 Å². The SMILES string of the molecule is CCOCC(NC(=O)C(CN)CC(C)(C)C)C(C)C. The second-order valence-electron chi connectivity index (χ2n) is 6.72. The third-order valence-electron chi connectivity index (χ3n) is 3.15. The molecule has 0 spiro atoms. The topological polar surface area (TPSA) is 64.3 Å². The van der Waals surface area contributed by atoms with Crippen LogP contribution in [0.2, 0.25) is 0 Å². The molecule has 0 radical (unpaired) electrons. The van der Waals surface area contributed by atoms with Gasteiger partial charge in [0.2, 0.25) is 5.91 Å². The minimum Gasteiger partial charge on any atom is -0.380 e. The zero-order chi connectivity index (χ0) is 15.1. The third-order valence-corrected chi connectivity index (χ3v) is 3.15. The van der Waals surface area contributed by atoms with Crippen molar-refractivity contribution in [1.82, 2.24) is 5.32 Å². The van der Waals surface area contributed by atoms with E-state index in [1.165, 1.54) is 0 Å². The second kappa shape index (κ2) is 8.54. The maximum Gasteiger partial charge on any atom is 0.224 e. The molecular weight excluding hydrogens is 240 g/mol. The molecule has 0 heterocycles. The van der Waals surface area contributed by atoms with E-state index in [-0.39, 0.29) is 23.3 Å². The van der Waals surface area contributed by atoms with E-state index in [2.05, 4.69) is 39.9 Å². The summed E-state index contributed by atoms with van der Waals surface area (Å²) >= 11 is 0. The lowest BCUT2D eigenvalue weighted by atomic mass is 9.84. The van der Waals surface area contributed by atoms with Crippen LogP contribution in [0.3, 0.4) is 0 Å². The highest BCUT2D eigenvalue weighted by atomic mass is 16.5. The van der Waals surface area contributed by atoms with Crippen molar-refractivity contribution in [2.45, 2.75) is 54.0 Å². The Kier molecular flexibility index (Phi) is 8.26. The average molecular weight is 272 g/mol. The summed E-state index contributed by atoms with van der Waals surface area (Å²) in [5.41, 5.74) is 5.85. The van der Waals surface area contributed by atoms with Gasteiger partial charge < -0.3 is 15.8 Å². The third kappa shape index (κ3) is 8.22. The number of nitrogens with two attached hydrogens (primary N) is 1. The number of ether oxygens (including phenoxy) is 1. The van der Waals surface area contributed by atoms with Gasteiger partial charge in [0.15, 0.2) is 0 Å². The molecule has 0 aromatic rings. The highest BCUT2D eigenvalue weighted by Crippen LogP contribution is 2.24. The Morgan fingerprint density at radius 3 is 2.26 bits per heavy atom. The van der Waals surface area contributed by atoms with E-state index in [1.807, 2.05) is 6.92 Å². The fourth-order valence-electron chi connectivity index (χ4n) is 1.97. The van der Waals surface area contributed by atoms with E-state index in [0.29, 0.717) is 25.7 Å². The lowest BCUT2D eigenvalue weighted by molar-refractivity contribution is -0.127. The maximum absolute atomic E-state index is 12.3. The molecule has 19 heavy (non-hydrogen) atoms. The molecule has 0 saturated carbocycles. The molecule has 0 aliphatic rings. The molecule has 0 aliphatic heterocycles. The molecule has 114 valence electrons. The van der Waals surface area contributed by atoms with Crippen molar-refractivity contribution in [2.75, 3.05) is 19.8 Å². The van der Waals surface area contributed by atoms with Crippen molar-refractivity contribution >= 4 is 5.91 Å². The Morgan fingerprint density at radius 2 is 1.89 bits per heavy atom. The van der Waals surface area contributed by atoms with Crippen molar-refractivity contribution in [2.24, 2.45) is 23.0 Å². The number of hydrogen-bond donors (Lipinski definition) is 2. The summed E-state index contributed by atoms with van der Waals surface area (Å²) in [4.78, 5) is 12.3. The van der Waals surface area contributed by atoms with E-state index in [0.717, 1.165) is 6.42 Å². The molecule has 0 fully saturated rings. The van der Waals surface area contributed by atoms with Gasteiger partial charge in [-0.25, -0.2) is 0 Å². The Bertz CT molecular complexity index is 259. The van der Waals surface area contributed by atoms with Crippen LogP contribution in [-0.2, 0) is 9.53 Å². The van der Waals surface area contributed by atoms with E-state index in [1.54, 1.807) is 0 Å². The monoisotopic (exact) mass is 272 g/mol. The van der Waals surface area contributed by atoms with Gasteiger partial charge in [-0.15, -0.1) is 0 Å². The molecule has 1 amide bonds. The van der Waals surface area contributed by atoms with Crippen molar-refractivity contribution in [3.63, 3.8) is 0 Å². The van der Waals surface area contributed by atoms with Gasteiger partial charge in [0.1, 0.15) is 0 Å². The van der Waals surface area contributed by atoms with E-state index in [9.17, 15) is 4.79 Å².